The maximum Gasteiger partial charge on any atom is 0.416 e. The van der Waals surface area contributed by atoms with Crippen molar-refractivity contribution < 1.29 is 49.5 Å². The molecule has 0 saturated heterocycles. The molecule has 0 aliphatic carbocycles. The van der Waals surface area contributed by atoms with Crippen LogP contribution in [0.3, 0.4) is 0 Å². The minimum absolute atomic E-state index is 0.0167. The Morgan fingerprint density at radius 3 is 1.76 bits per heavy atom. The molecule has 0 aliphatic rings. The Balaban J connectivity index is 0.000000254. The van der Waals surface area contributed by atoms with Crippen LogP contribution in [-0.2, 0) is 6.18 Å². The van der Waals surface area contributed by atoms with Crippen LogP contribution in [0, 0.1) is 23.3 Å². The zero-order chi connectivity index (χ0) is 25.3. The second-order valence-corrected chi connectivity index (χ2v) is 6.80. The van der Waals surface area contributed by atoms with Crippen LogP contribution in [0.2, 0.25) is 5.02 Å². The van der Waals surface area contributed by atoms with Gasteiger partial charge in [-0.3, -0.25) is 14.4 Å². The Kier molecular flexibility index (Phi) is 10.5. The first-order chi connectivity index (χ1) is 15.3. The molecule has 1 heterocycles. The number of hydrogen-bond acceptors (Lipinski definition) is 4. The van der Waals surface area contributed by atoms with Gasteiger partial charge in [-0.2, -0.15) is 13.2 Å². The lowest BCUT2D eigenvalue weighted by Gasteiger charge is -2.06. The van der Waals surface area contributed by atoms with Crippen LogP contribution in [0.5, 0.6) is 0 Å². The summed E-state index contributed by atoms with van der Waals surface area (Å²) in [5.74, 6) is -6.18. The quantitative estimate of drug-likeness (QED) is 0.195. The molecule has 2 aromatic carbocycles. The highest BCUT2D eigenvalue weighted by Gasteiger charge is 2.30. The summed E-state index contributed by atoms with van der Waals surface area (Å²) in [6.07, 6.45) is -3.78. The van der Waals surface area contributed by atoms with Crippen molar-refractivity contribution in [3.05, 3.63) is 91.8 Å². The van der Waals surface area contributed by atoms with Crippen LogP contribution in [0.25, 0.3) is 0 Å². The van der Waals surface area contributed by atoms with Gasteiger partial charge in [-0.1, -0.05) is 11.6 Å². The molecule has 0 amide bonds. The van der Waals surface area contributed by atoms with Crippen LogP contribution < -0.4 is 0 Å². The third-order valence-electron chi connectivity index (χ3n) is 3.42. The Bertz CT molecular complexity index is 1120. The summed E-state index contributed by atoms with van der Waals surface area (Å²) < 4.78 is 91.0. The van der Waals surface area contributed by atoms with Gasteiger partial charge in [-0.25, -0.2) is 17.6 Å². The smallest absolute Gasteiger partial charge is 0.416 e. The summed E-state index contributed by atoms with van der Waals surface area (Å²) in [6.45, 7) is 0. The van der Waals surface area contributed by atoms with Crippen molar-refractivity contribution >= 4 is 46.4 Å². The Morgan fingerprint density at radius 1 is 0.818 bits per heavy atom. The number of carbonyl (C=O) groups excluding carboxylic acids is 3. The van der Waals surface area contributed by atoms with E-state index in [1.54, 1.807) is 12.1 Å². The van der Waals surface area contributed by atoms with Crippen LogP contribution in [0.15, 0.2) is 45.5 Å². The summed E-state index contributed by atoms with van der Waals surface area (Å²) in [5.41, 5.74) is -2.26. The van der Waals surface area contributed by atoms with E-state index >= 15 is 0 Å². The zero-order valence-corrected chi connectivity index (χ0v) is 18.1. The van der Waals surface area contributed by atoms with Crippen LogP contribution in [0.4, 0.5) is 30.7 Å². The molecule has 0 atom stereocenters. The topological polar surface area (TPSA) is 64.3 Å². The average molecular weight is 562 g/mol. The number of halogens is 9. The zero-order valence-electron chi connectivity index (χ0n) is 15.7. The normalized spacial score (nSPS) is 10.3. The SMILES string of the molecule is O=Cc1c(F)c(F)cc(F)c1F.O=Cc1cc(C(F)(F)F)ccc1Cl.O=Cc1ccc(Br)o1. The van der Waals surface area contributed by atoms with Crippen molar-refractivity contribution in [2.45, 2.75) is 6.18 Å². The van der Waals surface area contributed by atoms with Gasteiger partial charge >= 0.3 is 6.18 Å². The first-order valence-electron chi connectivity index (χ1n) is 8.16. The minimum Gasteiger partial charge on any atom is -0.447 e. The van der Waals surface area contributed by atoms with E-state index in [-0.39, 0.29) is 29.2 Å². The monoisotopic (exact) mass is 560 g/mol. The third-order valence-corrected chi connectivity index (χ3v) is 4.19. The third kappa shape index (κ3) is 8.13. The van der Waals surface area contributed by atoms with Gasteiger partial charge in [0, 0.05) is 11.6 Å². The van der Waals surface area contributed by atoms with Crippen molar-refractivity contribution in [3.63, 3.8) is 0 Å². The molecule has 176 valence electrons. The number of benzene rings is 2. The molecule has 0 bridgehead atoms. The van der Waals surface area contributed by atoms with Gasteiger partial charge in [0.2, 0.25) is 0 Å². The highest BCUT2D eigenvalue weighted by molar-refractivity contribution is 9.10. The molecule has 3 rings (SSSR count). The van der Waals surface area contributed by atoms with E-state index in [2.05, 4.69) is 15.9 Å². The van der Waals surface area contributed by atoms with Gasteiger partial charge in [0.1, 0.15) is 0 Å². The van der Waals surface area contributed by atoms with E-state index in [9.17, 15) is 45.1 Å². The molecule has 4 nitrogen and oxygen atoms in total. The fraction of sp³-hybridized carbons (Fsp3) is 0.0500. The van der Waals surface area contributed by atoms with Crippen molar-refractivity contribution in [2.24, 2.45) is 0 Å². The summed E-state index contributed by atoms with van der Waals surface area (Å²) in [6, 6.07) is 5.90. The Morgan fingerprint density at radius 2 is 1.39 bits per heavy atom. The first kappa shape index (κ1) is 28.0. The number of carbonyl (C=O) groups is 3. The number of furan rings is 1. The van der Waals surface area contributed by atoms with E-state index in [0.717, 1.165) is 18.2 Å². The molecule has 0 spiro atoms. The molecule has 33 heavy (non-hydrogen) atoms. The van der Waals surface area contributed by atoms with Crippen molar-refractivity contribution in [2.75, 3.05) is 0 Å². The second kappa shape index (κ2) is 12.3. The van der Waals surface area contributed by atoms with Crippen molar-refractivity contribution in [1.29, 1.82) is 0 Å². The molecule has 3 aromatic rings. The maximum atomic E-state index is 12.4. The summed E-state index contributed by atoms with van der Waals surface area (Å²) >= 11 is 8.50. The molecule has 0 N–H and O–H groups in total. The minimum atomic E-state index is -4.44. The molecule has 13 heteroatoms. The maximum absolute atomic E-state index is 12.4. The predicted molar refractivity (Wildman–Crippen MR) is 105 cm³/mol. The highest BCUT2D eigenvalue weighted by Crippen LogP contribution is 2.31. The number of rotatable bonds is 3. The van der Waals surface area contributed by atoms with Crippen molar-refractivity contribution in [3.8, 4) is 0 Å². The molecule has 0 unspecified atom stereocenters. The lowest BCUT2D eigenvalue weighted by Crippen LogP contribution is -2.05. The van der Waals surface area contributed by atoms with Gasteiger partial charge in [0.05, 0.1) is 16.1 Å². The fourth-order valence-corrected chi connectivity index (χ4v) is 2.38. The molecule has 0 radical (unpaired) electrons. The molecule has 0 fully saturated rings. The van der Waals surface area contributed by atoms with E-state index in [4.69, 9.17) is 16.0 Å². The average Bonchev–Trinajstić information content (AvgIpc) is 3.19. The van der Waals surface area contributed by atoms with E-state index in [0.29, 0.717) is 16.7 Å². The summed E-state index contributed by atoms with van der Waals surface area (Å²) in [4.78, 5) is 30.1. The standard InChI is InChI=1S/C8H4ClF3O.C7H2F4O.C5H3BrO2/c9-7-2-1-6(8(10,11)12)3-5(7)4-13;8-4-1-5(9)7(11)3(2-12)6(4)10;6-5-2-1-4(3-7)8-5/h1-4H;1-2H;1-3H. The number of aldehydes is 3. The molecular weight excluding hydrogens is 553 g/mol. The first-order valence-corrected chi connectivity index (χ1v) is 9.33. The van der Waals surface area contributed by atoms with Crippen LogP contribution >= 0.6 is 27.5 Å². The lowest BCUT2D eigenvalue weighted by atomic mass is 10.1. The molecular formula is C20H9BrClF7O4. The Labute approximate surface area is 194 Å². The van der Waals surface area contributed by atoms with Gasteiger partial charge in [0.15, 0.2) is 52.6 Å². The van der Waals surface area contributed by atoms with Crippen molar-refractivity contribution in [1.82, 2.24) is 0 Å². The highest BCUT2D eigenvalue weighted by atomic mass is 79.9. The lowest BCUT2D eigenvalue weighted by molar-refractivity contribution is -0.137. The second-order valence-electron chi connectivity index (χ2n) is 5.61. The molecule has 0 aliphatic heterocycles. The largest absolute Gasteiger partial charge is 0.447 e. The van der Waals surface area contributed by atoms with E-state index in [1.807, 2.05) is 0 Å². The van der Waals surface area contributed by atoms with Crippen LogP contribution in [0.1, 0.15) is 36.8 Å². The van der Waals surface area contributed by atoms with E-state index in [1.165, 1.54) is 0 Å². The molecule has 1 aromatic heterocycles. The van der Waals surface area contributed by atoms with Gasteiger partial charge in [0.25, 0.3) is 0 Å². The van der Waals surface area contributed by atoms with Gasteiger partial charge < -0.3 is 4.42 Å². The van der Waals surface area contributed by atoms with Gasteiger partial charge in [-0.05, 0) is 46.3 Å². The number of hydrogen-bond donors (Lipinski definition) is 0. The summed E-state index contributed by atoms with van der Waals surface area (Å²) in [5, 5.41) is 0.0167. The van der Waals surface area contributed by atoms with Gasteiger partial charge in [-0.15, -0.1) is 0 Å². The molecule has 0 saturated carbocycles. The summed E-state index contributed by atoms with van der Waals surface area (Å²) in [7, 11) is 0. The fourth-order valence-electron chi connectivity index (χ4n) is 1.90. The Hall–Kier alpha value is -2.99. The predicted octanol–water partition coefficient (Wildman–Crippen LogP) is 7.08. The van der Waals surface area contributed by atoms with Crippen LogP contribution in [-0.4, -0.2) is 18.9 Å². The number of alkyl halides is 3. The van der Waals surface area contributed by atoms with E-state index < -0.39 is 40.6 Å².